The van der Waals surface area contributed by atoms with Crippen LogP contribution in [0.1, 0.15) is 10.4 Å². The highest BCUT2D eigenvalue weighted by Gasteiger charge is 2.24. The molecule has 1 aliphatic heterocycles. The Hall–Kier alpha value is -2.32. The van der Waals surface area contributed by atoms with Crippen LogP contribution in [0.15, 0.2) is 50.9 Å². The number of benzene rings is 1. The minimum absolute atomic E-state index is 0.0427. The molecule has 2 heterocycles. The van der Waals surface area contributed by atoms with E-state index >= 15 is 0 Å². The molecule has 0 bridgehead atoms. The lowest BCUT2D eigenvalue weighted by atomic mass is 10.2. The van der Waals surface area contributed by atoms with Crippen molar-refractivity contribution in [2.24, 2.45) is 4.99 Å². The molecule has 2 aromatic rings. The Kier molecular flexibility index (Phi) is 3.86. The second-order valence-electron chi connectivity index (χ2n) is 4.28. The molecule has 0 atom stereocenters. The number of esters is 1. The lowest BCUT2D eigenvalue weighted by Gasteiger charge is -1.97. The van der Waals surface area contributed by atoms with Crippen LogP contribution in [0.2, 0.25) is 0 Å². The van der Waals surface area contributed by atoms with E-state index in [0.717, 1.165) is 4.88 Å². The van der Waals surface area contributed by atoms with Gasteiger partial charge in [-0.25, -0.2) is 9.79 Å². The van der Waals surface area contributed by atoms with Crippen molar-refractivity contribution in [1.29, 1.82) is 0 Å². The van der Waals surface area contributed by atoms with Gasteiger partial charge in [-0.3, -0.25) is 10.1 Å². The van der Waals surface area contributed by atoms with Crippen LogP contribution in [0, 0.1) is 10.1 Å². The van der Waals surface area contributed by atoms with Crippen LogP contribution in [-0.2, 0) is 9.53 Å². The van der Waals surface area contributed by atoms with Gasteiger partial charge >= 0.3 is 5.97 Å². The van der Waals surface area contributed by atoms with E-state index < -0.39 is 10.9 Å². The van der Waals surface area contributed by atoms with E-state index in [0.29, 0.717) is 10.0 Å². The molecule has 22 heavy (non-hydrogen) atoms. The van der Waals surface area contributed by atoms with Crippen LogP contribution in [0.5, 0.6) is 0 Å². The number of nitrogens with zero attached hydrogens (tertiary/aromatic N) is 2. The molecule has 8 heteroatoms. The van der Waals surface area contributed by atoms with Crippen molar-refractivity contribution in [3.63, 3.8) is 0 Å². The Bertz CT molecular complexity index is 827. The molecule has 0 aliphatic carbocycles. The number of hydrogen-bond donors (Lipinski definition) is 0. The van der Waals surface area contributed by atoms with E-state index in [-0.39, 0.29) is 17.3 Å². The van der Waals surface area contributed by atoms with Gasteiger partial charge in [0.1, 0.15) is 0 Å². The standard InChI is InChI=1S/C14H7BrN2O4S/c15-9-6-8(3-4-11(9)17(19)20)7-10-14(18)21-13(16-10)12-2-1-5-22-12/h1-7H/b10-7-. The van der Waals surface area contributed by atoms with E-state index in [9.17, 15) is 14.9 Å². The fourth-order valence-corrected chi connectivity index (χ4v) is 3.02. The van der Waals surface area contributed by atoms with E-state index in [1.807, 2.05) is 17.5 Å². The number of carbonyl (C=O) groups excluding carboxylic acids is 1. The molecule has 110 valence electrons. The number of rotatable bonds is 3. The maximum atomic E-state index is 11.8. The summed E-state index contributed by atoms with van der Waals surface area (Å²) in [5.74, 6) is -0.273. The van der Waals surface area contributed by atoms with Crippen LogP contribution in [-0.4, -0.2) is 16.8 Å². The fraction of sp³-hybridized carbons (Fsp3) is 0. The van der Waals surface area contributed by atoms with E-state index in [1.165, 1.54) is 23.5 Å². The second-order valence-corrected chi connectivity index (χ2v) is 6.08. The van der Waals surface area contributed by atoms with Gasteiger partial charge in [0, 0.05) is 6.07 Å². The van der Waals surface area contributed by atoms with Gasteiger partial charge < -0.3 is 4.74 Å². The molecule has 0 saturated carbocycles. The summed E-state index contributed by atoms with van der Waals surface area (Å²) in [5, 5.41) is 12.6. The molecule has 3 rings (SSSR count). The predicted molar refractivity (Wildman–Crippen MR) is 85.7 cm³/mol. The molecule has 0 unspecified atom stereocenters. The highest BCUT2D eigenvalue weighted by molar-refractivity contribution is 9.10. The molecular formula is C14H7BrN2O4S. The summed E-state index contributed by atoms with van der Waals surface area (Å²) < 4.78 is 5.45. The predicted octanol–water partition coefficient (Wildman–Crippen LogP) is 3.76. The highest BCUT2D eigenvalue weighted by Crippen LogP contribution is 2.27. The van der Waals surface area contributed by atoms with Crippen LogP contribution in [0.4, 0.5) is 5.69 Å². The van der Waals surface area contributed by atoms with E-state index in [2.05, 4.69) is 20.9 Å². The third kappa shape index (κ3) is 2.83. The highest BCUT2D eigenvalue weighted by atomic mass is 79.9. The lowest BCUT2D eigenvalue weighted by molar-refractivity contribution is -0.385. The molecule has 1 aromatic carbocycles. The number of nitro groups is 1. The van der Waals surface area contributed by atoms with Gasteiger partial charge in [-0.2, -0.15) is 0 Å². The van der Waals surface area contributed by atoms with E-state index in [1.54, 1.807) is 12.1 Å². The topological polar surface area (TPSA) is 81.8 Å². The Morgan fingerprint density at radius 3 is 2.82 bits per heavy atom. The van der Waals surface area contributed by atoms with Crippen molar-refractivity contribution in [1.82, 2.24) is 0 Å². The Morgan fingerprint density at radius 1 is 1.36 bits per heavy atom. The minimum Gasteiger partial charge on any atom is -0.401 e. The zero-order valence-corrected chi connectivity index (χ0v) is 13.3. The summed E-state index contributed by atoms with van der Waals surface area (Å²) in [5.41, 5.74) is 0.726. The number of ether oxygens (including phenoxy) is 1. The van der Waals surface area contributed by atoms with Gasteiger partial charge in [0.05, 0.1) is 14.3 Å². The van der Waals surface area contributed by atoms with Crippen LogP contribution >= 0.6 is 27.3 Å². The SMILES string of the molecule is O=C1OC(c2cccs2)=N/C1=C\c1ccc([N+](=O)[O-])c(Br)c1. The summed E-state index contributed by atoms with van der Waals surface area (Å²) in [7, 11) is 0. The zero-order chi connectivity index (χ0) is 15.7. The van der Waals surface area contributed by atoms with Gasteiger partial charge in [-0.1, -0.05) is 6.07 Å². The first kappa shape index (κ1) is 14.6. The number of thiophene rings is 1. The quantitative estimate of drug-likeness (QED) is 0.352. The van der Waals surface area contributed by atoms with Crippen LogP contribution < -0.4 is 0 Å². The van der Waals surface area contributed by atoms with Gasteiger partial charge in [-0.05, 0) is 51.1 Å². The number of hydrogen-bond acceptors (Lipinski definition) is 6. The first-order valence-electron chi connectivity index (χ1n) is 6.05. The van der Waals surface area contributed by atoms with Gasteiger partial charge in [0.2, 0.25) is 5.90 Å². The molecule has 6 nitrogen and oxygen atoms in total. The van der Waals surface area contributed by atoms with Gasteiger partial charge in [-0.15, -0.1) is 11.3 Å². The van der Waals surface area contributed by atoms with Crippen LogP contribution in [0.25, 0.3) is 6.08 Å². The fourth-order valence-electron chi connectivity index (χ4n) is 1.83. The molecule has 0 radical (unpaired) electrons. The van der Waals surface area contributed by atoms with Crippen molar-refractivity contribution in [2.45, 2.75) is 0 Å². The molecule has 0 saturated heterocycles. The Balaban J connectivity index is 1.93. The minimum atomic E-state index is -0.544. The molecule has 0 N–H and O–H groups in total. The van der Waals surface area contributed by atoms with Gasteiger partial charge in [0.25, 0.3) is 5.69 Å². The molecule has 0 spiro atoms. The average molecular weight is 379 g/mol. The number of aliphatic imine (C=N–C) groups is 1. The molecular weight excluding hydrogens is 372 g/mol. The smallest absolute Gasteiger partial charge is 0.363 e. The van der Waals surface area contributed by atoms with Crippen molar-refractivity contribution in [3.05, 3.63) is 66.4 Å². The number of carbonyl (C=O) groups is 1. The number of cyclic esters (lactones) is 1. The number of halogens is 1. The van der Waals surface area contributed by atoms with Crippen LogP contribution in [0.3, 0.4) is 0 Å². The molecule has 0 fully saturated rings. The van der Waals surface area contributed by atoms with Crippen molar-refractivity contribution >= 4 is 50.9 Å². The first-order valence-corrected chi connectivity index (χ1v) is 7.72. The van der Waals surface area contributed by atoms with Crippen molar-refractivity contribution < 1.29 is 14.5 Å². The molecule has 1 aliphatic rings. The lowest BCUT2D eigenvalue weighted by Crippen LogP contribution is -2.03. The monoisotopic (exact) mass is 378 g/mol. The Labute approximate surface area is 137 Å². The summed E-state index contributed by atoms with van der Waals surface area (Å²) in [4.78, 5) is 27.0. The first-order chi connectivity index (χ1) is 10.5. The Morgan fingerprint density at radius 2 is 2.18 bits per heavy atom. The normalized spacial score (nSPS) is 15.8. The maximum Gasteiger partial charge on any atom is 0.363 e. The van der Waals surface area contributed by atoms with Crippen molar-refractivity contribution in [2.75, 3.05) is 0 Å². The summed E-state index contributed by atoms with van der Waals surface area (Å²) in [6.45, 7) is 0. The third-order valence-electron chi connectivity index (χ3n) is 2.82. The third-order valence-corrected chi connectivity index (χ3v) is 4.32. The summed E-state index contributed by atoms with van der Waals surface area (Å²) in [6.07, 6.45) is 1.53. The molecule has 1 aromatic heterocycles. The number of nitro benzene ring substituents is 1. The van der Waals surface area contributed by atoms with Gasteiger partial charge in [0.15, 0.2) is 5.70 Å². The molecule has 0 amide bonds. The second kappa shape index (κ2) is 5.82. The van der Waals surface area contributed by atoms with E-state index in [4.69, 9.17) is 4.74 Å². The zero-order valence-electron chi connectivity index (χ0n) is 10.9. The largest absolute Gasteiger partial charge is 0.401 e. The summed E-state index contributed by atoms with van der Waals surface area (Å²) in [6, 6.07) is 8.10. The van der Waals surface area contributed by atoms with Crippen molar-refractivity contribution in [3.8, 4) is 0 Å². The summed E-state index contributed by atoms with van der Waals surface area (Å²) >= 11 is 4.55. The average Bonchev–Trinajstić information content (AvgIpc) is 3.09. The maximum absolute atomic E-state index is 11.8.